The van der Waals surface area contributed by atoms with Gasteiger partial charge in [-0.15, -0.1) is 0 Å². The largest absolute Gasteiger partial charge is 0.355 e. The molecule has 0 fully saturated rings. The number of nitrogens with zero attached hydrogens (tertiary/aromatic N) is 2. The van der Waals surface area contributed by atoms with Crippen molar-refractivity contribution >= 4 is 22.9 Å². The Balaban J connectivity index is 1.53. The van der Waals surface area contributed by atoms with Gasteiger partial charge in [0.05, 0.1) is 18.2 Å². The van der Waals surface area contributed by atoms with Gasteiger partial charge in [0, 0.05) is 17.3 Å². The highest BCUT2D eigenvalue weighted by molar-refractivity contribution is 5.85. The number of fused-ring (bicyclic) bond motifs is 5. The van der Waals surface area contributed by atoms with Crippen LogP contribution in [0.25, 0.3) is 10.9 Å². The van der Waals surface area contributed by atoms with Crippen molar-refractivity contribution < 1.29 is 4.58 Å². The monoisotopic (exact) mass is 378 g/mol. The summed E-state index contributed by atoms with van der Waals surface area (Å²) < 4.78 is 2.55. The minimum absolute atomic E-state index is 0.341. The second-order valence-corrected chi connectivity index (χ2v) is 8.12. The number of aromatic nitrogens is 1. The van der Waals surface area contributed by atoms with Crippen LogP contribution < -0.4 is 4.90 Å². The molecule has 0 radical (unpaired) electrons. The second kappa shape index (κ2) is 6.63. The summed E-state index contributed by atoms with van der Waals surface area (Å²) in [6, 6.07) is 30.9. The topological polar surface area (TPSA) is 22.0 Å². The van der Waals surface area contributed by atoms with Crippen molar-refractivity contribution in [1.82, 2.24) is 4.98 Å². The molecular formula is C26H24N3+. The molecular weight excluding hydrogens is 354 g/mol. The van der Waals surface area contributed by atoms with Gasteiger partial charge < -0.3 is 4.98 Å². The fraction of sp³-hybridized carbons (Fsp3) is 0.192. The number of para-hydroxylation sites is 2. The molecule has 2 atom stereocenters. The normalized spacial score (nSPS) is 20.8. The van der Waals surface area contributed by atoms with Crippen LogP contribution in [0.1, 0.15) is 28.8 Å². The lowest BCUT2D eigenvalue weighted by molar-refractivity contribution is -0.580. The molecule has 2 aliphatic heterocycles. The van der Waals surface area contributed by atoms with Crippen molar-refractivity contribution in [2.45, 2.75) is 18.4 Å². The number of hydrogen-bond donors (Lipinski definition) is 1. The van der Waals surface area contributed by atoms with Crippen molar-refractivity contribution in [1.29, 1.82) is 0 Å². The highest BCUT2D eigenvalue weighted by atomic mass is 15.3. The van der Waals surface area contributed by atoms with Gasteiger partial charge in [-0.2, -0.15) is 0 Å². The van der Waals surface area contributed by atoms with Crippen LogP contribution in [0.2, 0.25) is 0 Å². The molecule has 4 aromatic rings. The molecule has 29 heavy (non-hydrogen) atoms. The molecule has 3 nitrogen and oxygen atoms in total. The molecule has 2 aliphatic rings. The van der Waals surface area contributed by atoms with E-state index in [0.29, 0.717) is 12.0 Å². The summed E-state index contributed by atoms with van der Waals surface area (Å²) in [4.78, 5) is 6.21. The molecule has 1 aromatic heterocycles. The SMILES string of the molecule is C1=[N+]2CCc3c([nH]c4ccccc34)[C@@H]2[C@H](c2ccccc2)CN1c1ccccc1. The van der Waals surface area contributed by atoms with Crippen molar-refractivity contribution in [3.8, 4) is 0 Å². The first-order valence-electron chi connectivity index (χ1n) is 10.5. The standard InChI is InChI=1S/C26H24N3/c1-3-9-19(10-4-1)23-17-29(20-11-5-2-6-12-20)18-28-16-15-22-21-13-7-8-14-24(21)27-25(22)26(23)28/h1-14,18,23,26-27H,15-17H2/q+1/t23-,26-/m0/s1. The summed E-state index contributed by atoms with van der Waals surface area (Å²) in [6.45, 7) is 2.02. The predicted molar refractivity (Wildman–Crippen MR) is 119 cm³/mol. The van der Waals surface area contributed by atoms with Crippen LogP contribution in [0.15, 0.2) is 84.9 Å². The molecule has 3 heterocycles. The Bertz CT molecular complexity index is 1190. The first-order valence-corrected chi connectivity index (χ1v) is 10.5. The average molecular weight is 378 g/mol. The Hall–Kier alpha value is -3.33. The van der Waals surface area contributed by atoms with Crippen molar-refractivity contribution in [2.24, 2.45) is 0 Å². The molecule has 6 rings (SSSR count). The molecule has 0 amide bonds. The Kier molecular flexibility index (Phi) is 3.80. The molecule has 0 aliphatic carbocycles. The number of aromatic amines is 1. The van der Waals surface area contributed by atoms with E-state index in [9.17, 15) is 0 Å². The van der Waals surface area contributed by atoms with Crippen molar-refractivity contribution in [3.05, 3.63) is 102 Å². The molecule has 0 saturated carbocycles. The van der Waals surface area contributed by atoms with E-state index in [4.69, 9.17) is 0 Å². The summed E-state index contributed by atoms with van der Waals surface area (Å²) in [5.74, 6) is 0.397. The summed E-state index contributed by atoms with van der Waals surface area (Å²) in [5.41, 5.74) is 6.83. The van der Waals surface area contributed by atoms with E-state index < -0.39 is 0 Å². The van der Waals surface area contributed by atoms with Gasteiger partial charge in [0.25, 0.3) is 0 Å². The molecule has 142 valence electrons. The van der Waals surface area contributed by atoms with Crippen molar-refractivity contribution in [3.63, 3.8) is 0 Å². The second-order valence-electron chi connectivity index (χ2n) is 8.12. The van der Waals surface area contributed by atoms with Gasteiger partial charge in [0.15, 0.2) is 0 Å². The molecule has 0 bridgehead atoms. The number of anilines is 1. The van der Waals surface area contributed by atoms with Crippen LogP contribution in [-0.4, -0.2) is 29.0 Å². The van der Waals surface area contributed by atoms with Crippen LogP contribution in [0.3, 0.4) is 0 Å². The van der Waals surface area contributed by atoms with Gasteiger partial charge in [-0.3, -0.25) is 4.58 Å². The highest BCUT2D eigenvalue weighted by Crippen LogP contribution is 2.43. The zero-order valence-electron chi connectivity index (χ0n) is 16.3. The van der Waals surface area contributed by atoms with Gasteiger partial charge in [0.1, 0.15) is 18.3 Å². The predicted octanol–water partition coefficient (Wildman–Crippen LogP) is 5.11. The summed E-state index contributed by atoms with van der Waals surface area (Å²) in [7, 11) is 0. The average Bonchev–Trinajstić information content (AvgIpc) is 3.18. The van der Waals surface area contributed by atoms with Crippen LogP contribution in [0.5, 0.6) is 0 Å². The first kappa shape index (κ1) is 16.6. The van der Waals surface area contributed by atoms with E-state index in [1.54, 1.807) is 0 Å². The Morgan fingerprint density at radius 1 is 0.828 bits per heavy atom. The third-order valence-electron chi connectivity index (χ3n) is 6.50. The number of hydrogen-bond acceptors (Lipinski definition) is 1. The molecule has 0 saturated heterocycles. The van der Waals surface area contributed by atoms with Crippen molar-refractivity contribution in [2.75, 3.05) is 18.0 Å². The van der Waals surface area contributed by atoms with E-state index in [0.717, 1.165) is 19.5 Å². The van der Waals surface area contributed by atoms with E-state index >= 15 is 0 Å². The molecule has 3 heteroatoms. The molecule has 1 N–H and O–H groups in total. The third-order valence-corrected chi connectivity index (χ3v) is 6.50. The summed E-state index contributed by atoms with van der Waals surface area (Å²) in [5, 5.41) is 1.39. The van der Waals surface area contributed by atoms with Gasteiger partial charge in [-0.05, 0) is 29.3 Å². The van der Waals surface area contributed by atoms with Crippen LogP contribution in [0, 0.1) is 0 Å². The van der Waals surface area contributed by atoms with Gasteiger partial charge >= 0.3 is 0 Å². The minimum Gasteiger partial charge on any atom is -0.355 e. The van der Waals surface area contributed by atoms with E-state index in [-0.39, 0.29) is 0 Å². The zero-order valence-corrected chi connectivity index (χ0v) is 16.3. The maximum Gasteiger partial charge on any atom is 0.239 e. The number of H-pyrrole nitrogens is 1. The Morgan fingerprint density at radius 3 is 2.38 bits per heavy atom. The van der Waals surface area contributed by atoms with Gasteiger partial charge in [0.2, 0.25) is 6.34 Å². The number of nitrogens with one attached hydrogen (secondary N) is 1. The van der Waals surface area contributed by atoms with Gasteiger partial charge in [-0.25, -0.2) is 4.90 Å². The van der Waals surface area contributed by atoms with Crippen LogP contribution >= 0.6 is 0 Å². The molecule has 0 unspecified atom stereocenters. The summed E-state index contributed by atoms with van der Waals surface area (Å²) >= 11 is 0. The number of rotatable bonds is 2. The quantitative estimate of drug-likeness (QED) is 0.481. The van der Waals surface area contributed by atoms with E-state index in [2.05, 4.69) is 106 Å². The smallest absolute Gasteiger partial charge is 0.239 e. The first-order chi connectivity index (χ1) is 14.4. The van der Waals surface area contributed by atoms with Crippen LogP contribution in [-0.2, 0) is 6.42 Å². The summed E-state index contributed by atoms with van der Waals surface area (Å²) in [6.07, 6.45) is 3.42. The molecule has 3 aromatic carbocycles. The third kappa shape index (κ3) is 2.69. The number of benzene rings is 3. The maximum atomic E-state index is 3.79. The maximum absolute atomic E-state index is 3.79. The van der Waals surface area contributed by atoms with E-state index in [1.165, 1.54) is 33.4 Å². The Morgan fingerprint density at radius 2 is 1.55 bits per heavy atom. The lowest BCUT2D eigenvalue weighted by atomic mass is 9.83. The fourth-order valence-corrected chi connectivity index (χ4v) is 5.17. The fourth-order valence-electron chi connectivity index (χ4n) is 5.17. The van der Waals surface area contributed by atoms with Gasteiger partial charge in [-0.1, -0.05) is 66.7 Å². The minimum atomic E-state index is 0.341. The van der Waals surface area contributed by atoms with Crippen LogP contribution in [0.4, 0.5) is 5.69 Å². The Labute approximate surface area is 170 Å². The van der Waals surface area contributed by atoms with E-state index in [1.807, 2.05) is 0 Å². The highest BCUT2D eigenvalue weighted by Gasteiger charge is 2.42. The zero-order chi connectivity index (χ0) is 19.2. The lowest BCUT2D eigenvalue weighted by Crippen LogP contribution is -2.46. The lowest BCUT2D eigenvalue weighted by Gasteiger charge is -2.37. The molecule has 0 spiro atoms.